The molecule has 0 aromatic rings. The van der Waals surface area contributed by atoms with E-state index in [1.165, 1.54) is 12.7 Å². The third-order valence-corrected chi connectivity index (χ3v) is 2.98. The first kappa shape index (κ1) is 12.2. The van der Waals surface area contributed by atoms with Crippen molar-refractivity contribution in [2.24, 2.45) is 0 Å². The average molecular weight is 214 g/mol. The molecule has 1 atom stereocenters. The van der Waals surface area contributed by atoms with Crippen LogP contribution in [0.15, 0.2) is 0 Å². The summed E-state index contributed by atoms with van der Waals surface area (Å²) in [7, 11) is -2.75. The summed E-state index contributed by atoms with van der Waals surface area (Å²) in [5, 5.41) is 3.26. The van der Waals surface area contributed by atoms with Gasteiger partial charge in [0.05, 0.1) is 5.75 Å². The highest BCUT2D eigenvalue weighted by molar-refractivity contribution is 7.90. The van der Waals surface area contributed by atoms with Crippen LogP contribution in [-0.2, 0) is 9.84 Å². The Labute approximate surface area is 80.3 Å². The van der Waals surface area contributed by atoms with E-state index in [0.29, 0.717) is 11.8 Å². The first-order valence-corrected chi connectivity index (χ1v) is 6.05. The van der Waals surface area contributed by atoms with Gasteiger partial charge in [-0.25, -0.2) is 8.42 Å². The summed E-state index contributed by atoms with van der Waals surface area (Å²) in [5.74, 6) is 0.324. The van der Waals surface area contributed by atoms with Crippen LogP contribution in [0.3, 0.4) is 0 Å². The minimum Gasteiger partial charge on any atom is -0.314 e. The number of sulfone groups is 1. The predicted molar refractivity (Wildman–Crippen MR) is 52.6 cm³/mol. The Morgan fingerprint density at radius 3 is 2.58 bits per heavy atom. The van der Waals surface area contributed by atoms with E-state index in [1.807, 2.05) is 0 Å². The zero-order valence-electron chi connectivity index (χ0n) is 7.25. The summed E-state index contributed by atoms with van der Waals surface area (Å²) in [6.45, 7) is 1.05. The van der Waals surface area contributed by atoms with E-state index >= 15 is 0 Å². The van der Waals surface area contributed by atoms with Crippen molar-refractivity contribution in [2.75, 3.05) is 18.6 Å². The summed E-state index contributed by atoms with van der Waals surface area (Å²) < 4.78 is 21.5. The molecule has 1 rings (SSSR count). The molecule has 12 heavy (non-hydrogen) atoms. The Kier molecular flexibility index (Phi) is 5.13. The SMILES string of the molecule is CS(=O)(=O)CCC1CCCN1.Cl. The molecule has 0 amide bonds. The fraction of sp³-hybridized carbons (Fsp3) is 1.00. The van der Waals surface area contributed by atoms with Crippen LogP contribution in [0.5, 0.6) is 0 Å². The fourth-order valence-corrected chi connectivity index (χ4v) is 2.07. The molecule has 0 aromatic carbocycles. The number of rotatable bonds is 3. The predicted octanol–water partition coefficient (Wildman–Crippen LogP) is 0.595. The maximum atomic E-state index is 10.8. The highest BCUT2D eigenvalue weighted by Crippen LogP contribution is 2.09. The quantitative estimate of drug-likeness (QED) is 0.747. The molecule has 0 aliphatic carbocycles. The van der Waals surface area contributed by atoms with Crippen molar-refractivity contribution in [2.45, 2.75) is 25.3 Å². The molecule has 5 heteroatoms. The maximum absolute atomic E-state index is 10.8. The minimum absolute atomic E-state index is 0. The van der Waals surface area contributed by atoms with Crippen LogP contribution in [0.2, 0.25) is 0 Å². The van der Waals surface area contributed by atoms with Gasteiger partial charge in [0.2, 0.25) is 0 Å². The van der Waals surface area contributed by atoms with Gasteiger partial charge in [0.15, 0.2) is 0 Å². The smallest absolute Gasteiger partial charge is 0.147 e. The van der Waals surface area contributed by atoms with Gasteiger partial charge in [-0.05, 0) is 25.8 Å². The lowest BCUT2D eigenvalue weighted by Gasteiger charge is -2.07. The molecule has 1 aliphatic heterocycles. The van der Waals surface area contributed by atoms with E-state index in [9.17, 15) is 8.42 Å². The first-order valence-electron chi connectivity index (χ1n) is 3.99. The Balaban J connectivity index is 0.00000121. The van der Waals surface area contributed by atoms with Gasteiger partial charge in [-0.2, -0.15) is 0 Å². The number of nitrogens with one attached hydrogen (secondary N) is 1. The lowest BCUT2D eigenvalue weighted by atomic mass is 10.2. The lowest BCUT2D eigenvalue weighted by Crippen LogP contribution is -2.24. The van der Waals surface area contributed by atoms with Crippen molar-refractivity contribution in [1.82, 2.24) is 5.32 Å². The molecule has 0 aromatic heterocycles. The molecule has 0 spiro atoms. The fourth-order valence-electron chi connectivity index (χ4n) is 1.36. The van der Waals surface area contributed by atoms with Crippen molar-refractivity contribution in [3.8, 4) is 0 Å². The minimum atomic E-state index is -2.75. The first-order chi connectivity index (χ1) is 5.08. The monoisotopic (exact) mass is 213 g/mol. The second-order valence-corrected chi connectivity index (χ2v) is 5.47. The molecule has 0 bridgehead atoms. The van der Waals surface area contributed by atoms with Crippen molar-refractivity contribution in [3.05, 3.63) is 0 Å². The molecule has 1 N–H and O–H groups in total. The van der Waals surface area contributed by atoms with Crippen molar-refractivity contribution in [1.29, 1.82) is 0 Å². The zero-order valence-corrected chi connectivity index (χ0v) is 8.88. The van der Waals surface area contributed by atoms with E-state index < -0.39 is 9.84 Å². The molecule has 1 aliphatic rings. The van der Waals surface area contributed by atoms with Crippen molar-refractivity contribution >= 4 is 22.2 Å². The van der Waals surface area contributed by atoms with Gasteiger partial charge >= 0.3 is 0 Å². The third-order valence-electron chi connectivity index (χ3n) is 2.00. The Morgan fingerprint density at radius 2 is 2.17 bits per heavy atom. The molecule has 0 saturated carbocycles. The molecule has 0 radical (unpaired) electrons. The standard InChI is InChI=1S/C7H15NO2S.ClH/c1-11(9,10)6-4-7-3-2-5-8-7;/h7-8H,2-6H2,1H3;1H. The van der Waals surface area contributed by atoms with Crippen molar-refractivity contribution in [3.63, 3.8) is 0 Å². The largest absolute Gasteiger partial charge is 0.314 e. The van der Waals surface area contributed by atoms with Gasteiger partial charge in [0.1, 0.15) is 9.84 Å². The average Bonchev–Trinajstić information content (AvgIpc) is 2.32. The number of hydrogen-bond acceptors (Lipinski definition) is 3. The van der Waals surface area contributed by atoms with E-state index in [4.69, 9.17) is 0 Å². The molecule has 1 saturated heterocycles. The topological polar surface area (TPSA) is 46.2 Å². The molecular weight excluding hydrogens is 198 g/mol. The van der Waals surface area contributed by atoms with Gasteiger partial charge in [-0.3, -0.25) is 0 Å². The van der Waals surface area contributed by atoms with Crippen LogP contribution < -0.4 is 5.32 Å². The molecule has 1 unspecified atom stereocenters. The second-order valence-electron chi connectivity index (χ2n) is 3.21. The third kappa shape index (κ3) is 4.95. The van der Waals surface area contributed by atoms with Gasteiger partial charge < -0.3 is 5.32 Å². The Morgan fingerprint density at radius 1 is 1.50 bits per heavy atom. The summed E-state index contributed by atoms with van der Waals surface area (Å²) in [4.78, 5) is 0. The van der Waals surface area contributed by atoms with Crippen LogP contribution in [-0.4, -0.2) is 33.0 Å². The van der Waals surface area contributed by atoms with Crippen LogP contribution in [0.4, 0.5) is 0 Å². The Hall–Kier alpha value is 0.200. The normalized spacial score (nSPS) is 23.6. The van der Waals surface area contributed by atoms with E-state index in [-0.39, 0.29) is 12.4 Å². The van der Waals surface area contributed by atoms with Crippen LogP contribution >= 0.6 is 12.4 Å². The summed E-state index contributed by atoms with van der Waals surface area (Å²) >= 11 is 0. The van der Waals surface area contributed by atoms with Gasteiger partial charge in [0, 0.05) is 12.3 Å². The highest BCUT2D eigenvalue weighted by Gasteiger charge is 2.15. The number of hydrogen-bond donors (Lipinski definition) is 1. The zero-order chi connectivity index (χ0) is 8.32. The molecule has 74 valence electrons. The Bertz CT molecular complexity index is 209. The highest BCUT2D eigenvalue weighted by atomic mass is 35.5. The molecule has 1 heterocycles. The van der Waals surface area contributed by atoms with Gasteiger partial charge in [-0.15, -0.1) is 12.4 Å². The van der Waals surface area contributed by atoms with Crippen LogP contribution in [0, 0.1) is 0 Å². The van der Waals surface area contributed by atoms with Crippen LogP contribution in [0.1, 0.15) is 19.3 Å². The van der Waals surface area contributed by atoms with Gasteiger partial charge in [0.25, 0.3) is 0 Å². The van der Waals surface area contributed by atoms with Crippen LogP contribution in [0.25, 0.3) is 0 Å². The summed E-state index contributed by atoms with van der Waals surface area (Å²) in [6, 6.07) is 0.449. The van der Waals surface area contributed by atoms with Gasteiger partial charge in [-0.1, -0.05) is 0 Å². The lowest BCUT2D eigenvalue weighted by molar-refractivity contribution is 0.565. The number of halogens is 1. The maximum Gasteiger partial charge on any atom is 0.147 e. The summed E-state index contributed by atoms with van der Waals surface area (Å²) in [5.41, 5.74) is 0. The van der Waals surface area contributed by atoms with E-state index in [0.717, 1.165) is 19.4 Å². The summed E-state index contributed by atoms with van der Waals surface area (Å²) in [6.07, 6.45) is 4.39. The van der Waals surface area contributed by atoms with E-state index in [1.54, 1.807) is 0 Å². The molecule has 1 fully saturated rings. The van der Waals surface area contributed by atoms with E-state index in [2.05, 4.69) is 5.32 Å². The van der Waals surface area contributed by atoms with Crippen molar-refractivity contribution < 1.29 is 8.42 Å². The molecule has 3 nitrogen and oxygen atoms in total. The second kappa shape index (κ2) is 5.04. The molecular formula is C7H16ClNO2S.